The van der Waals surface area contributed by atoms with Crippen molar-refractivity contribution in [1.29, 1.82) is 0 Å². The molecule has 7 rings (SSSR count). The fourth-order valence-corrected chi connectivity index (χ4v) is 8.94. The van der Waals surface area contributed by atoms with Gasteiger partial charge < -0.3 is 45.2 Å². The Morgan fingerprint density at radius 3 is 2.05 bits per heavy atom. The summed E-state index contributed by atoms with van der Waals surface area (Å²) in [6.07, 6.45) is 5.55. The van der Waals surface area contributed by atoms with E-state index in [9.17, 15) is 14.4 Å². The second-order valence-corrected chi connectivity index (χ2v) is 16.7. The summed E-state index contributed by atoms with van der Waals surface area (Å²) in [6, 6.07) is 8.25. The molecule has 2 aromatic carbocycles. The van der Waals surface area contributed by atoms with Crippen LogP contribution in [0.3, 0.4) is 0 Å². The zero-order chi connectivity index (χ0) is 44.8. The molecule has 0 radical (unpaired) electrons. The number of hydrogen-bond donors (Lipinski definition) is 4. The van der Waals surface area contributed by atoms with E-state index in [1.807, 2.05) is 42.1 Å². The van der Waals surface area contributed by atoms with Gasteiger partial charge in [-0.3, -0.25) is 24.4 Å². The van der Waals surface area contributed by atoms with Gasteiger partial charge in [-0.15, -0.1) is 11.3 Å². The van der Waals surface area contributed by atoms with E-state index in [4.69, 9.17) is 35.9 Å². The molecule has 0 bridgehead atoms. The number of likely N-dealkylation sites (N-methyl/N-ethyl adjacent to an activating group) is 1. The highest BCUT2D eigenvalue weighted by atomic mass is 32.1. The molecule has 0 spiro atoms. The highest BCUT2D eigenvalue weighted by Crippen LogP contribution is 2.33. The van der Waals surface area contributed by atoms with E-state index in [0.717, 1.165) is 67.7 Å². The summed E-state index contributed by atoms with van der Waals surface area (Å²) in [4.78, 5) is 59.1. The van der Waals surface area contributed by atoms with Crippen molar-refractivity contribution in [1.82, 2.24) is 43.7 Å². The fraction of sp³-hybridized carbons (Fsp3) is 0.432. The number of benzene rings is 2. The summed E-state index contributed by atoms with van der Waals surface area (Å²) in [6.45, 7) is 18.2. The van der Waals surface area contributed by atoms with Crippen molar-refractivity contribution < 1.29 is 23.9 Å². The van der Waals surface area contributed by atoms with E-state index in [0.29, 0.717) is 82.7 Å². The molecule has 19 heteroatoms. The van der Waals surface area contributed by atoms with Gasteiger partial charge in [0.2, 0.25) is 23.7 Å². The zero-order valence-electron chi connectivity index (χ0n) is 36.9. The third-order valence-corrected chi connectivity index (χ3v) is 12.2. The maximum Gasteiger partial charge on any atom is 0.276 e. The molecule has 63 heavy (non-hydrogen) atoms. The Morgan fingerprint density at radius 1 is 0.810 bits per heavy atom. The number of fused-ring (bicyclic) bond motifs is 2. The standard InChI is InChI=1S/C44H57N13O5S/c1-7-31-37(63-28(5)48-31)26-47-43-49-33-23-30(41(46)59)25-36(62-20-12-13-54-18-16-53(8-2)17-19-54)39(33)55(43)14-10-11-15-56-38-32(22-29(40(45)58)24-35(38)61-6)50-44(56)51-42(60)34-21-27(4)52-57(34)9-3/h10-11,21-25H,7-9,12-20,26H2,1-6H3,(H2,45,58)(H2,46,59)(H,47,49)(H,50,51,60)/b11-10+. The Morgan fingerprint density at radius 2 is 1.43 bits per heavy atom. The molecule has 0 aliphatic carbocycles. The number of amides is 3. The van der Waals surface area contributed by atoms with Crippen LogP contribution in [0, 0.1) is 13.8 Å². The molecule has 1 aliphatic rings. The maximum absolute atomic E-state index is 13.7. The van der Waals surface area contributed by atoms with E-state index in [1.54, 1.807) is 46.4 Å². The quantitative estimate of drug-likeness (QED) is 0.0590. The Balaban J connectivity index is 1.22. The second kappa shape index (κ2) is 19.8. The number of primary amides is 2. The summed E-state index contributed by atoms with van der Waals surface area (Å²) in [5, 5.41) is 11.9. The molecule has 1 saturated heterocycles. The summed E-state index contributed by atoms with van der Waals surface area (Å²) >= 11 is 1.64. The van der Waals surface area contributed by atoms with Crippen molar-refractivity contribution >= 4 is 63.0 Å². The number of piperazine rings is 1. The summed E-state index contributed by atoms with van der Waals surface area (Å²) in [5.74, 6) is 0.0906. The number of nitrogens with two attached hydrogens (primary N) is 2. The van der Waals surface area contributed by atoms with Crippen LogP contribution in [0.1, 0.15) is 79.7 Å². The van der Waals surface area contributed by atoms with Crippen LogP contribution in [-0.4, -0.2) is 114 Å². The number of hydrogen-bond acceptors (Lipinski definition) is 13. The molecule has 0 atom stereocenters. The first-order chi connectivity index (χ1) is 30.4. The van der Waals surface area contributed by atoms with Crippen molar-refractivity contribution in [2.75, 3.05) is 63.6 Å². The number of thiazole rings is 1. The predicted octanol–water partition coefficient (Wildman–Crippen LogP) is 4.97. The molecular formula is C44H57N13O5S. The van der Waals surface area contributed by atoms with Crippen molar-refractivity contribution in [2.45, 2.75) is 73.6 Å². The number of aromatic nitrogens is 7. The van der Waals surface area contributed by atoms with Gasteiger partial charge in [0, 0.05) is 68.4 Å². The summed E-state index contributed by atoms with van der Waals surface area (Å²) < 4.78 is 17.7. The van der Waals surface area contributed by atoms with Crippen LogP contribution in [0.2, 0.25) is 0 Å². The van der Waals surface area contributed by atoms with Gasteiger partial charge in [0.05, 0.1) is 47.7 Å². The van der Waals surface area contributed by atoms with Crippen molar-refractivity contribution in [3.63, 3.8) is 0 Å². The monoisotopic (exact) mass is 879 g/mol. The SMILES string of the molecule is CCc1nc(C)sc1CNc1nc2cc(C(N)=O)cc(OCCCN3CCN(CC)CC3)c2n1C/C=C/Cn1c(NC(=O)c2cc(C)nn2CC)nc2cc(C(N)=O)cc(OC)c21. The topological polar surface area (TPSA) is 219 Å². The number of nitrogens with zero attached hydrogens (tertiary/aromatic N) is 9. The highest BCUT2D eigenvalue weighted by Gasteiger charge is 2.23. The van der Waals surface area contributed by atoms with Gasteiger partial charge in [-0.1, -0.05) is 26.0 Å². The van der Waals surface area contributed by atoms with E-state index >= 15 is 0 Å². The van der Waals surface area contributed by atoms with E-state index < -0.39 is 17.7 Å². The van der Waals surface area contributed by atoms with Crippen molar-refractivity contribution in [3.05, 3.63) is 80.6 Å². The molecule has 1 fully saturated rings. The molecular weight excluding hydrogens is 823 g/mol. The molecule has 3 amide bonds. The lowest BCUT2D eigenvalue weighted by atomic mass is 10.1. The molecule has 0 saturated carbocycles. The lowest BCUT2D eigenvalue weighted by Gasteiger charge is -2.33. The molecule has 334 valence electrons. The van der Waals surface area contributed by atoms with Gasteiger partial charge >= 0.3 is 0 Å². The van der Waals surface area contributed by atoms with E-state index in [2.05, 4.69) is 39.4 Å². The van der Waals surface area contributed by atoms with Crippen LogP contribution in [0.5, 0.6) is 11.5 Å². The van der Waals surface area contributed by atoms with Crippen LogP contribution in [0.4, 0.5) is 11.9 Å². The first kappa shape index (κ1) is 44.7. The Hall–Kier alpha value is -6.31. The number of carbonyl (C=O) groups excluding carboxylic acids is 3. The van der Waals surface area contributed by atoms with E-state index in [-0.39, 0.29) is 18.1 Å². The normalized spacial score (nSPS) is 13.7. The number of nitrogens with one attached hydrogen (secondary N) is 2. The predicted molar refractivity (Wildman–Crippen MR) is 245 cm³/mol. The van der Waals surface area contributed by atoms with Crippen molar-refractivity contribution in [2.24, 2.45) is 11.5 Å². The average Bonchev–Trinajstić information content (AvgIpc) is 4.04. The number of allylic oxidation sites excluding steroid dienone is 2. The fourth-order valence-electron chi connectivity index (χ4n) is 7.98. The summed E-state index contributed by atoms with van der Waals surface area (Å²) in [5.41, 5.74) is 16.4. The van der Waals surface area contributed by atoms with Crippen LogP contribution in [-0.2, 0) is 32.6 Å². The molecule has 18 nitrogen and oxygen atoms in total. The van der Waals surface area contributed by atoms with Crippen molar-refractivity contribution in [3.8, 4) is 11.5 Å². The molecule has 6 aromatic rings. The third-order valence-electron chi connectivity index (χ3n) is 11.2. The van der Waals surface area contributed by atoms with Crippen LogP contribution < -0.4 is 31.6 Å². The summed E-state index contributed by atoms with van der Waals surface area (Å²) in [7, 11) is 1.50. The number of aryl methyl sites for hydroxylation is 4. The number of anilines is 2. The smallest absolute Gasteiger partial charge is 0.276 e. The number of rotatable bonds is 20. The Bertz CT molecular complexity index is 2650. The van der Waals surface area contributed by atoms with Gasteiger partial charge in [0.1, 0.15) is 28.2 Å². The van der Waals surface area contributed by atoms with Gasteiger partial charge in [-0.25, -0.2) is 15.0 Å². The molecule has 1 aliphatic heterocycles. The van der Waals surface area contributed by atoms with Crippen LogP contribution in [0.15, 0.2) is 42.5 Å². The second-order valence-electron chi connectivity index (χ2n) is 15.4. The first-order valence-corrected chi connectivity index (χ1v) is 22.2. The number of methoxy groups -OCH3 is 1. The number of imidazole rings is 2. The van der Waals surface area contributed by atoms with Crippen LogP contribution >= 0.6 is 11.3 Å². The third kappa shape index (κ3) is 10.0. The minimum atomic E-state index is -0.636. The maximum atomic E-state index is 13.7. The first-order valence-electron chi connectivity index (χ1n) is 21.4. The molecule has 5 heterocycles. The zero-order valence-corrected chi connectivity index (χ0v) is 37.7. The van der Waals surface area contributed by atoms with Gasteiger partial charge in [-0.05, 0) is 70.5 Å². The molecule has 0 unspecified atom stereocenters. The van der Waals surface area contributed by atoms with Gasteiger partial charge in [0.25, 0.3) is 5.91 Å². The van der Waals surface area contributed by atoms with E-state index in [1.165, 1.54) is 7.11 Å². The minimum absolute atomic E-state index is 0.219. The van der Waals surface area contributed by atoms with Crippen LogP contribution in [0.25, 0.3) is 22.1 Å². The van der Waals surface area contributed by atoms with Gasteiger partial charge in [-0.2, -0.15) is 5.10 Å². The largest absolute Gasteiger partial charge is 0.494 e. The Kier molecular flexibility index (Phi) is 14.1. The lowest BCUT2D eigenvalue weighted by molar-refractivity contribution is 0.0991. The number of carbonyl (C=O) groups is 3. The average molecular weight is 880 g/mol. The van der Waals surface area contributed by atoms with Gasteiger partial charge in [0.15, 0.2) is 0 Å². The minimum Gasteiger partial charge on any atom is -0.494 e. The highest BCUT2D eigenvalue weighted by molar-refractivity contribution is 7.11. The number of ether oxygens (including phenoxy) is 2. The molecule has 4 aromatic heterocycles. The lowest BCUT2D eigenvalue weighted by Crippen LogP contribution is -2.46. The Labute approximate surface area is 370 Å². The molecule has 6 N–H and O–H groups in total.